The summed E-state index contributed by atoms with van der Waals surface area (Å²) in [5.41, 5.74) is -0.301. The molecule has 0 radical (unpaired) electrons. The van der Waals surface area contributed by atoms with Crippen molar-refractivity contribution in [1.82, 2.24) is 4.98 Å². The highest BCUT2D eigenvalue weighted by molar-refractivity contribution is 6.31. The fraction of sp³-hybridized carbons (Fsp3) is 0.400. The summed E-state index contributed by atoms with van der Waals surface area (Å²) in [5.74, 6) is -1.45. The number of aromatic nitrogens is 1. The van der Waals surface area contributed by atoms with Gasteiger partial charge in [-0.1, -0.05) is 17.2 Å². The number of hydrogen-bond donors (Lipinski definition) is 0. The Balaban J connectivity index is 2.30. The van der Waals surface area contributed by atoms with Gasteiger partial charge in [0.2, 0.25) is 0 Å². The lowest BCUT2D eigenvalue weighted by molar-refractivity contribution is -0.137. The van der Waals surface area contributed by atoms with Gasteiger partial charge >= 0.3 is 6.18 Å². The standard InChI is InChI=1S/C15H12ClF3N2O/c1-8(9-2-3-9)4-13(22)11(6-20)14-12(16)5-10(7-21-14)15(17,18)19/h4-5,7,9,11H,2-3H2,1H3/b8-4+/t11-/m1/s1. The van der Waals surface area contributed by atoms with Gasteiger partial charge < -0.3 is 0 Å². The van der Waals surface area contributed by atoms with Crippen molar-refractivity contribution in [3.63, 3.8) is 0 Å². The third kappa shape index (κ3) is 3.66. The van der Waals surface area contributed by atoms with Crippen molar-refractivity contribution < 1.29 is 18.0 Å². The van der Waals surface area contributed by atoms with E-state index in [1.165, 1.54) is 6.08 Å². The van der Waals surface area contributed by atoms with Crippen molar-refractivity contribution in [1.29, 1.82) is 5.26 Å². The zero-order valence-corrected chi connectivity index (χ0v) is 12.4. The number of allylic oxidation sites excluding steroid dienone is 2. The molecule has 0 aliphatic heterocycles. The first-order chi connectivity index (χ1) is 10.2. The molecule has 7 heteroatoms. The molecular formula is C15H12ClF3N2O. The molecule has 1 fully saturated rings. The molecule has 0 saturated heterocycles. The lowest BCUT2D eigenvalue weighted by Gasteiger charge is -2.11. The van der Waals surface area contributed by atoms with Crippen molar-refractivity contribution in [3.05, 3.63) is 40.2 Å². The number of carbonyl (C=O) groups excluding carboxylic acids is 1. The highest BCUT2D eigenvalue weighted by atomic mass is 35.5. The van der Waals surface area contributed by atoms with Gasteiger partial charge in [0.05, 0.1) is 22.3 Å². The van der Waals surface area contributed by atoms with Crippen LogP contribution < -0.4 is 0 Å². The number of halogens is 4. The van der Waals surface area contributed by atoms with E-state index in [-0.39, 0.29) is 10.7 Å². The summed E-state index contributed by atoms with van der Waals surface area (Å²) in [6.07, 6.45) is -0.625. The molecule has 0 spiro atoms. The predicted molar refractivity (Wildman–Crippen MR) is 74.1 cm³/mol. The topological polar surface area (TPSA) is 53.8 Å². The molecule has 1 aliphatic carbocycles. The summed E-state index contributed by atoms with van der Waals surface area (Å²) in [5, 5.41) is 8.81. The minimum Gasteiger partial charge on any atom is -0.293 e. The quantitative estimate of drug-likeness (QED) is 0.775. The SMILES string of the molecule is C/C(=C\C(=O)[C@@H](C#N)c1ncc(C(F)(F)F)cc1Cl)C1CC1. The zero-order chi connectivity index (χ0) is 16.5. The number of carbonyl (C=O) groups is 1. The summed E-state index contributed by atoms with van der Waals surface area (Å²) >= 11 is 5.78. The van der Waals surface area contributed by atoms with E-state index in [2.05, 4.69) is 4.98 Å². The van der Waals surface area contributed by atoms with Crippen LogP contribution in [0.2, 0.25) is 5.02 Å². The molecule has 1 atom stereocenters. The summed E-state index contributed by atoms with van der Waals surface area (Å²) in [6, 6.07) is 2.44. The fourth-order valence-corrected chi connectivity index (χ4v) is 2.32. The van der Waals surface area contributed by atoms with Gasteiger partial charge in [0.25, 0.3) is 0 Å². The molecule has 0 bridgehead atoms. The van der Waals surface area contributed by atoms with E-state index >= 15 is 0 Å². The van der Waals surface area contributed by atoms with Crippen LogP contribution >= 0.6 is 11.6 Å². The van der Waals surface area contributed by atoms with Crippen molar-refractivity contribution in [2.24, 2.45) is 5.92 Å². The monoisotopic (exact) mass is 328 g/mol. The van der Waals surface area contributed by atoms with E-state index in [1.54, 1.807) is 13.0 Å². The Hall–Kier alpha value is -1.87. The number of alkyl halides is 3. The van der Waals surface area contributed by atoms with Crippen LogP contribution in [0.1, 0.15) is 36.9 Å². The molecule has 116 valence electrons. The van der Waals surface area contributed by atoms with Crippen molar-refractivity contribution in [2.45, 2.75) is 31.9 Å². The van der Waals surface area contributed by atoms with E-state index in [4.69, 9.17) is 16.9 Å². The first kappa shape index (κ1) is 16.5. The second-order valence-electron chi connectivity index (χ2n) is 5.22. The van der Waals surface area contributed by atoms with Gasteiger partial charge in [-0.2, -0.15) is 18.4 Å². The van der Waals surface area contributed by atoms with Crippen LogP contribution in [-0.2, 0) is 11.0 Å². The van der Waals surface area contributed by atoms with E-state index in [9.17, 15) is 18.0 Å². The van der Waals surface area contributed by atoms with Crippen LogP contribution in [0.15, 0.2) is 23.9 Å². The molecule has 0 aromatic carbocycles. The summed E-state index contributed by atoms with van der Waals surface area (Å²) in [4.78, 5) is 15.7. The zero-order valence-electron chi connectivity index (χ0n) is 11.6. The second-order valence-corrected chi connectivity index (χ2v) is 5.62. The largest absolute Gasteiger partial charge is 0.417 e. The summed E-state index contributed by atoms with van der Waals surface area (Å²) < 4.78 is 37.7. The average molecular weight is 329 g/mol. The third-order valence-electron chi connectivity index (χ3n) is 3.48. The van der Waals surface area contributed by atoms with Gasteiger partial charge in [-0.05, 0) is 37.8 Å². The van der Waals surface area contributed by atoms with Crippen LogP contribution in [0, 0.1) is 17.2 Å². The van der Waals surface area contributed by atoms with Crippen LogP contribution in [0.5, 0.6) is 0 Å². The molecule has 1 aromatic heterocycles. The molecule has 1 aliphatic rings. The van der Waals surface area contributed by atoms with E-state index in [1.807, 2.05) is 0 Å². The van der Waals surface area contributed by atoms with Crippen molar-refractivity contribution in [3.8, 4) is 6.07 Å². The molecule has 22 heavy (non-hydrogen) atoms. The first-order valence-corrected chi connectivity index (χ1v) is 6.96. The van der Waals surface area contributed by atoms with Crippen LogP contribution in [0.3, 0.4) is 0 Å². The predicted octanol–water partition coefficient (Wildman–Crippen LogP) is 4.29. The van der Waals surface area contributed by atoms with Crippen LogP contribution in [0.4, 0.5) is 13.2 Å². The highest BCUT2D eigenvalue weighted by Gasteiger charge is 2.33. The van der Waals surface area contributed by atoms with Crippen LogP contribution in [-0.4, -0.2) is 10.8 Å². The number of nitrogens with zero attached hydrogens (tertiary/aromatic N) is 2. The number of nitriles is 1. The number of hydrogen-bond acceptors (Lipinski definition) is 3. The molecule has 0 amide bonds. The molecule has 3 nitrogen and oxygen atoms in total. The molecule has 2 rings (SSSR count). The second kappa shape index (κ2) is 6.09. The Bertz CT molecular complexity index is 672. The Kier molecular flexibility index (Phi) is 4.57. The Morgan fingerprint density at radius 2 is 2.18 bits per heavy atom. The smallest absolute Gasteiger partial charge is 0.293 e. The molecule has 0 unspecified atom stereocenters. The summed E-state index contributed by atoms with van der Waals surface area (Å²) in [7, 11) is 0. The molecule has 0 N–H and O–H groups in total. The maximum atomic E-state index is 12.6. The van der Waals surface area contributed by atoms with Crippen LogP contribution in [0.25, 0.3) is 0 Å². The number of pyridine rings is 1. The molecule has 1 saturated carbocycles. The van der Waals surface area contributed by atoms with Gasteiger partial charge in [0.1, 0.15) is 0 Å². The highest BCUT2D eigenvalue weighted by Crippen LogP contribution is 2.37. The average Bonchev–Trinajstić information content (AvgIpc) is 3.24. The molecule has 1 heterocycles. The van der Waals surface area contributed by atoms with E-state index in [0.29, 0.717) is 18.2 Å². The van der Waals surface area contributed by atoms with Crippen molar-refractivity contribution in [2.75, 3.05) is 0 Å². The number of rotatable bonds is 4. The number of ketones is 1. The lowest BCUT2D eigenvalue weighted by atomic mass is 9.98. The van der Waals surface area contributed by atoms with Crippen molar-refractivity contribution >= 4 is 17.4 Å². The van der Waals surface area contributed by atoms with Gasteiger partial charge in [0, 0.05) is 6.20 Å². The molecular weight excluding hydrogens is 317 g/mol. The van der Waals surface area contributed by atoms with Gasteiger partial charge in [0.15, 0.2) is 11.7 Å². The Morgan fingerprint density at radius 1 is 1.55 bits per heavy atom. The molecule has 1 aromatic rings. The maximum Gasteiger partial charge on any atom is 0.417 e. The Morgan fingerprint density at radius 3 is 2.64 bits per heavy atom. The fourth-order valence-electron chi connectivity index (χ4n) is 2.04. The Labute approximate surface area is 130 Å². The summed E-state index contributed by atoms with van der Waals surface area (Å²) in [6.45, 7) is 1.80. The minimum atomic E-state index is -4.58. The first-order valence-electron chi connectivity index (χ1n) is 6.58. The normalized spacial score (nSPS) is 17.0. The van der Waals surface area contributed by atoms with Gasteiger partial charge in [-0.15, -0.1) is 0 Å². The van der Waals surface area contributed by atoms with E-state index in [0.717, 1.165) is 18.4 Å². The van der Waals surface area contributed by atoms with E-state index < -0.39 is 23.4 Å². The maximum absolute atomic E-state index is 12.6. The third-order valence-corrected chi connectivity index (χ3v) is 3.78. The van der Waals surface area contributed by atoms with Gasteiger partial charge in [-0.3, -0.25) is 9.78 Å². The van der Waals surface area contributed by atoms with Gasteiger partial charge in [-0.25, -0.2) is 0 Å². The minimum absolute atomic E-state index is 0.151. The lowest BCUT2D eigenvalue weighted by Crippen LogP contribution is -2.13.